The minimum atomic E-state index is -0.686. The first-order valence-electron chi connectivity index (χ1n) is 11.0. The molecule has 1 fully saturated rings. The van der Waals surface area contributed by atoms with E-state index in [1.54, 1.807) is 18.2 Å². The first-order chi connectivity index (χ1) is 15.5. The minimum Gasteiger partial charge on any atom is -0.344 e. The highest BCUT2D eigenvalue weighted by Gasteiger charge is 2.22. The number of hydrogen-bond acceptors (Lipinski definition) is 5. The second-order valence-corrected chi connectivity index (χ2v) is 8.28. The van der Waals surface area contributed by atoms with Crippen LogP contribution in [-0.4, -0.2) is 65.0 Å². The van der Waals surface area contributed by atoms with E-state index in [-0.39, 0.29) is 11.9 Å². The molecule has 2 heterocycles. The van der Waals surface area contributed by atoms with Crippen LogP contribution in [0.3, 0.4) is 0 Å². The van der Waals surface area contributed by atoms with Crippen molar-refractivity contribution in [2.45, 2.75) is 19.5 Å². The topological polar surface area (TPSA) is 90.4 Å². The highest BCUT2D eigenvalue weighted by molar-refractivity contribution is 5.97. The molecule has 1 amide bonds. The number of amides is 1. The SMILES string of the molecule is CCn1c(=O)c(=O)[nH]c2cc(C(=O)NC(CN3CCN(C)CC3)c3ccccc3)ccc21. The standard InChI is InChI=1S/C24H29N5O3/c1-3-29-21-10-9-18(15-19(21)25-23(31)24(29)32)22(30)26-20(17-7-5-4-6-8-17)16-28-13-11-27(2)12-14-28/h4-10,15,20H,3,11-14,16H2,1-2H3,(H,25,31)(H,26,30). The van der Waals surface area contributed by atoms with Crippen molar-refractivity contribution in [3.63, 3.8) is 0 Å². The molecule has 1 aliphatic rings. The normalized spacial score (nSPS) is 16.2. The van der Waals surface area contributed by atoms with Crippen LogP contribution in [0.15, 0.2) is 58.1 Å². The van der Waals surface area contributed by atoms with Crippen molar-refractivity contribution in [1.29, 1.82) is 0 Å². The number of piperazine rings is 1. The third kappa shape index (κ3) is 4.66. The second-order valence-electron chi connectivity index (χ2n) is 8.28. The average Bonchev–Trinajstić information content (AvgIpc) is 2.81. The lowest BCUT2D eigenvalue weighted by molar-refractivity contribution is 0.0907. The molecule has 1 atom stereocenters. The van der Waals surface area contributed by atoms with Gasteiger partial charge < -0.3 is 19.8 Å². The highest BCUT2D eigenvalue weighted by Crippen LogP contribution is 2.18. The summed E-state index contributed by atoms with van der Waals surface area (Å²) in [5.74, 6) is -0.218. The molecule has 0 radical (unpaired) electrons. The molecule has 32 heavy (non-hydrogen) atoms. The fourth-order valence-electron chi connectivity index (χ4n) is 4.18. The Kier molecular flexibility index (Phi) is 6.53. The van der Waals surface area contributed by atoms with Crippen LogP contribution in [0.2, 0.25) is 0 Å². The van der Waals surface area contributed by atoms with E-state index in [1.165, 1.54) is 4.57 Å². The van der Waals surface area contributed by atoms with E-state index in [1.807, 2.05) is 37.3 Å². The predicted molar refractivity (Wildman–Crippen MR) is 125 cm³/mol. The second kappa shape index (κ2) is 9.50. The zero-order valence-corrected chi connectivity index (χ0v) is 18.5. The number of carbonyl (C=O) groups excluding carboxylic acids is 1. The summed E-state index contributed by atoms with van der Waals surface area (Å²) in [6, 6.07) is 14.8. The number of aromatic amines is 1. The number of aryl methyl sites for hydroxylation is 1. The molecule has 3 aromatic rings. The number of carbonyl (C=O) groups is 1. The number of nitrogens with zero attached hydrogens (tertiary/aromatic N) is 3. The van der Waals surface area contributed by atoms with Crippen molar-refractivity contribution in [1.82, 2.24) is 24.7 Å². The fraction of sp³-hybridized carbons (Fsp3) is 0.375. The van der Waals surface area contributed by atoms with Gasteiger partial charge in [-0.05, 0) is 37.7 Å². The van der Waals surface area contributed by atoms with Gasteiger partial charge in [0.05, 0.1) is 17.1 Å². The molecule has 2 aromatic carbocycles. The highest BCUT2D eigenvalue weighted by atomic mass is 16.2. The van der Waals surface area contributed by atoms with Gasteiger partial charge in [0.2, 0.25) is 0 Å². The van der Waals surface area contributed by atoms with Crippen molar-refractivity contribution in [3.05, 3.63) is 80.4 Å². The number of rotatable bonds is 6. The molecule has 1 unspecified atom stereocenters. The smallest absolute Gasteiger partial charge is 0.316 e. The van der Waals surface area contributed by atoms with E-state index in [0.717, 1.165) is 38.3 Å². The zero-order chi connectivity index (χ0) is 22.7. The fourth-order valence-corrected chi connectivity index (χ4v) is 4.18. The molecule has 2 N–H and O–H groups in total. The number of fused-ring (bicyclic) bond motifs is 1. The molecule has 0 spiro atoms. The molecule has 0 bridgehead atoms. The maximum absolute atomic E-state index is 13.2. The van der Waals surface area contributed by atoms with Crippen molar-refractivity contribution < 1.29 is 4.79 Å². The van der Waals surface area contributed by atoms with Crippen molar-refractivity contribution in [2.75, 3.05) is 39.8 Å². The molecular formula is C24H29N5O3. The minimum absolute atomic E-state index is 0.161. The third-order valence-electron chi connectivity index (χ3n) is 6.10. The number of hydrogen-bond donors (Lipinski definition) is 2. The Hall–Kier alpha value is -3.23. The van der Waals surface area contributed by atoms with E-state index in [4.69, 9.17) is 0 Å². The summed E-state index contributed by atoms with van der Waals surface area (Å²) in [7, 11) is 2.12. The molecule has 1 aliphatic heterocycles. The maximum Gasteiger partial charge on any atom is 0.316 e. The Labute approximate surface area is 186 Å². The first-order valence-corrected chi connectivity index (χ1v) is 11.0. The summed E-state index contributed by atoms with van der Waals surface area (Å²) in [6.45, 7) is 6.85. The molecule has 8 heteroatoms. The van der Waals surface area contributed by atoms with Crippen LogP contribution in [0.25, 0.3) is 11.0 Å². The molecule has 168 valence electrons. The number of benzene rings is 2. The van der Waals surface area contributed by atoms with Crippen molar-refractivity contribution in [2.24, 2.45) is 0 Å². The summed E-state index contributed by atoms with van der Waals surface area (Å²) < 4.78 is 1.41. The van der Waals surface area contributed by atoms with Gasteiger partial charge in [0.1, 0.15) is 0 Å². The Morgan fingerprint density at radius 2 is 1.78 bits per heavy atom. The lowest BCUT2D eigenvalue weighted by Crippen LogP contribution is -2.47. The van der Waals surface area contributed by atoms with Crippen molar-refractivity contribution >= 4 is 16.9 Å². The third-order valence-corrected chi connectivity index (χ3v) is 6.10. The van der Waals surface area contributed by atoms with E-state index < -0.39 is 11.1 Å². The summed E-state index contributed by atoms with van der Waals surface area (Å²) in [5, 5.41) is 3.17. The van der Waals surface area contributed by atoms with E-state index >= 15 is 0 Å². The van der Waals surface area contributed by atoms with Gasteiger partial charge in [-0.3, -0.25) is 19.3 Å². The van der Waals surface area contributed by atoms with Crippen LogP contribution in [0.4, 0.5) is 0 Å². The molecule has 0 saturated carbocycles. The Bertz CT molecular complexity index is 1210. The van der Waals surface area contributed by atoms with Crippen molar-refractivity contribution in [3.8, 4) is 0 Å². The van der Waals surface area contributed by atoms with E-state index in [9.17, 15) is 14.4 Å². The van der Waals surface area contributed by atoms with Crippen LogP contribution >= 0.6 is 0 Å². The molecule has 4 rings (SSSR count). The zero-order valence-electron chi connectivity index (χ0n) is 18.5. The number of nitrogens with one attached hydrogen (secondary N) is 2. The molecule has 1 saturated heterocycles. The van der Waals surface area contributed by atoms with Crippen LogP contribution in [0, 0.1) is 0 Å². The summed E-state index contributed by atoms with van der Waals surface area (Å²) in [4.78, 5) is 44.5. The monoisotopic (exact) mass is 435 g/mol. The lowest BCUT2D eigenvalue weighted by Gasteiger charge is -2.35. The molecule has 0 aliphatic carbocycles. The van der Waals surface area contributed by atoms with Gasteiger partial charge in [-0.15, -0.1) is 0 Å². The number of likely N-dealkylation sites (N-methyl/N-ethyl adjacent to an activating group) is 1. The van der Waals surface area contributed by atoms with Gasteiger partial charge in [0, 0.05) is 44.8 Å². The molecule has 8 nitrogen and oxygen atoms in total. The van der Waals surface area contributed by atoms with Crippen LogP contribution in [0.1, 0.15) is 28.9 Å². The molecule has 1 aromatic heterocycles. The average molecular weight is 436 g/mol. The summed E-state index contributed by atoms with van der Waals surface area (Å²) in [6.07, 6.45) is 0. The predicted octanol–water partition coefficient (Wildman–Crippen LogP) is 1.43. The van der Waals surface area contributed by atoms with Crippen LogP contribution in [-0.2, 0) is 6.54 Å². The Morgan fingerprint density at radius 3 is 2.47 bits per heavy atom. The molecular weight excluding hydrogens is 406 g/mol. The van der Waals surface area contributed by atoms with Crippen LogP contribution in [0.5, 0.6) is 0 Å². The number of H-pyrrole nitrogens is 1. The van der Waals surface area contributed by atoms with Gasteiger partial charge in [-0.25, -0.2) is 0 Å². The largest absolute Gasteiger partial charge is 0.344 e. The van der Waals surface area contributed by atoms with Gasteiger partial charge in [-0.2, -0.15) is 0 Å². The van der Waals surface area contributed by atoms with Gasteiger partial charge in [0.25, 0.3) is 5.91 Å². The van der Waals surface area contributed by atoms with E-state index in [0.29, 0.717) is 23.1 Å². The van der Waals surface area contributed by atoms with E-state index in [2.05, 4.69) is 27.1 Å². The first kappa shape index (κ1) is 22.0. The Balaban J connectivity index is 1.60. The van der Waals surface area contributed by atoms with Gasteiger partial charge in [0.15, 0.2) is 0 Å². The van der Waals surface area contributed by atoms with Gasteiger partial charge in [-0.1, -0.05) is 30.3 Å². The number of aromatic nitrogens is 2. The maximum atomic E-state index is 13.2. The Morgan fingerprint density at radius 1 is 1.06 bits per heavy atom. The van der Waals surface area contributed by atoms with Crippen LogP contribution < -0.4 is 16.4 Å². The van der Waals surface area contributed by atoms with Gasteiger partial charge >= 0.3 is 11.1 Å². The quantitative estimate of drug-likeness (QED) is 0.572. The lowest BCUT2D eigenvalue weighted by atomic mass is 10.0. The summed E-state index contributed by atoms with van der Waals surface area (Å²) >= 11 is 0. The summed E-state index contributed by atoms with van der Waals surface area (Å²) in [5.41, 5.74) is 1.29.